The molecule has 1 aromatic carbocycles. The van der Waals surface area contributed by atoms with Crippen LogP contribution in [-0.2, 0) is 6.54 Å². The van der Waals surface area contributed by atoms with Gasteiger partial charge in [-0.25, -0.2) is 4.98 Å². The summed E-state index contributed by atoms with van der Waals surface area (Å²) in [5.41, 5.74) is 6.04. The van der Waals surface area contributed by atoms with Crippen molar-refractivity contribution in [2.45, 2.75) is 6.54 Å². The summed E-state index contributed by atoms with van der Waals surface area (Å²) in [7, 11) is 0. The highest BCUT2D eigenvalue weighted by Crippen LogP contribution is 2.37. The van der Waals surface area contributed by atoms with Crippen molar-refractivity contribution in [2.24, 2.45) is 0 Å². The Morgan fingerprint density at radius 2 is 2.04 bits per heavy atom. The molecule has 0 bridgehead atoms. The van der Waals surface area contributed by atoms with Gasteiger partial charge in [-0.1, -0.05) is 29.8 Å². The SMILES string of the molecule is Nc1ncccc1C(=O)NCc1cc(Cl)c(Oc2ccccc2)s1. The van der Waals surface area contributed by atoms with Gasteiger partial charge in [-0.05, 0) is 30.3 Å². The Morgan fingerprint density at radius 3 is 2.79 bits per heavy atom. The van der Waals surface area contributed by atoms with Crippen molar-refractivity contribution < 1.29 is 9.53 Å². The number of benzene rings is 1. The third-order valence-corrected chi connectivity index (χ3v) is 4.57. The Morgan fingerprint density at radius 1 is 1.25 bits per heavy atom. The maximum absolute atomic E-state index is 12.1. The summed E-state index contributed by atoms with van der Waals surface area (Å²) in [5.74, 6) is 0.628. The molecule has 0 atom stereocenters. The van der Waals surface area contributed by atoms with Crippen LogP contribution in [0, 0.1) is 0 Å². The summed E-state index contributed by atoms with van der Waals surface area (Å²) in [4.78, 5) is 16.9. The average Bonchev–Trinajstić information content (AvgIpc) is 2.94. The number of nitrogens with zero attached hydrogens (tertiary/aromatic N) is 1. The maximum Gasteiger partial charge on any atom is 0.255 e. The van der Waals surface area contributed by atoms with Crippen molar-refractivity contribution >= 4 is 34.7 Å². The number of halogens is 1. The van der Waals surface area contributed by atoms with Crippen LogP contribution in [0.2, 0.25) is 5.02 Å². The summed E-state index contributed by atoms with van der Waals surface area (Å²) in [6.45, 7) is 0.329. The molecule has 2 heterocycles. The average molecular weight is 360 g/mol. The fourth-order valence-corrected chi connectivity index (χ4v) is 3.23. The molecule has 0 aliphatic carbocycles. The number of nitrogen functional groups attached to an aromatic ring is 1. The van der Waals surface area contributed by atoms with E-state index in [2.05, 4.69) is 10.3 Å². The van der Waals surface area contributed by atoms with Crippen LogP contribution in [0.4, 0.5) is 5.82 Å². The van der Waals surface area contributed by atoms with Crippen LogP contribution in [0.15, 0.2) is 54.7 Å². The van der Waals surface area contributed by atoms with E-state index in [1.807, 2.05) is 30.3 Å². The van der Waals surface area contributed by atoms with E-state index in [0.29, 0.717) is 27.9 Å². The number of thiophene rings is 1. The van der Waals surface area contributed by atoms with Crippen LogP contribution < -0.4 is 15.8 Å². The molecule has 0 saturated carbocycles. The van der Waals surface area contributed by atoms with Crippen molar-refractivity contribution in [3.63, 3.8) is 0 Å². The number of ether oxygens (including phenoxy) is 1. The molecule has 3 rings (SSSR count). The van der Waals surface area contributed by atoms with Crippen LogP contribution in [0.5, 0.6) is 10.8 Å². The summed E-state index contributed by atoms with van der Waals surface area (Å²) in [6, 6.07) is 14.4. The van der Waals surface area contributed by atoms with Gasteiger partial charge < -0.3 is 15.8 Å². The Balaban J connectivity index is 1.65. The second-order valence-corrected chi connectivity index (χ2v) is 6.39. The number of hydrogen-bond acceptors (Lipinski definition) is 5. The molecule has 0 aliphatic rings. The summed E-state index contributed by atoms with van der Waals surface area (Å²) in [6.07, 6.45) is 1.54. The lowest BCUT2D eigenvalue weighted by Gasteiger charge is -2.05. The number of carbonyl (C=O) groups is 1. The lowest BCUT2D eigenvalue weighted by Crippen LogP contribution is -2.23. The van der Waals surface area contributed by atoms with Crippen LogP contribution in [0.1, 0.15) is 15.2 Å². The van der Waals surface area contributed by atoms with Crippen molar-refractivity contribution in [3.05, 3.63) is 70.2 Å². The quantitative estimate of drug-likeness (QED) is 0.719. The molecule has 24 heavy (non-hydrogen) atoms. The molecule has 1 amide bonds. The number of rotatable bonds is 5. The Kier molecular flexibility index (Phi) is 4.98. The summed E-state index contributed by atoms with van der Waals surface area (Å²) < 4.78 is 5.74. The van der Waals surface area contributed by atoms with Gasteiger partial charge in [0.15, 0.2) is 5.06 Å². The molecular weight excluding hydrogens is 346 g/mol. The molecule has 0 fully saturated rings. The zero-order valence-electron chi connectivity index (χ0n) is 12.5. The lowest BCUT2D eigenvalue weighted by atomic mass is 10.2. The molecule has 5 nitrogen and oxygen atoms in total. The number of aromatic nitrogens is 1. The number of carbonyl (C=O) groups excluding carboxylic acids is 1. The van der Waals surface area contributed by atoms with Gasteiger partial charge in [0.05, 0.1) is 17.1 Å². The van der Waals surface area contributed by atoms with Gasteiger partial charge in [0.2, 0.25) is 0 Å². The van der Waals surface area contributed by atoms with Gasteiger partial charge in [0.25, 0.3) is 5.91 Å². The predicted molar refractivity (Wildman–Crippen MR) is 95.7 cm³/mol. The molecule has 0 spiro atoms. The highest BCUT2D eigenvalue weighted by atomic mass is 35.5. The van der Waals surface area contributed by atoms with Crippen molar-refractivity contribution in [3.8, 4) is 10.8 Å². The minimum atomic E-state index is -0.282. The monoisotopic (exact) mass is 359 g/mol. The van der Waals surface area contributed by atoms with Gasteiger partial charge in [0, 0.05) is 11.1 Å². The predicted octanol–water partition coefficient (Wildman–Crippen LogP) is 4.10. The number of nitrogens with two attached hydrogens (primary N) is 1. The minimum absolute atomic E-state index is 0.201. The van der Waals surface area contributed by atoms with Gasteiger partial charge in [-0.3, -0.25) is 4.79 Å². The van der Waals surface area contributed by atoms with Crippen LogP contribution >= 0.6 is 22.9 Å². The number of amides is 1. The van der Waals surface area contributed by atoms with E-state index in [-0.39, 0.29) is 11.7 Å². The van der Waals surface area contributed by atoms with E-state index < -0.39 is 0 Å². The smallest absolute Gasteiger partial charge is 0.255 e. The number of nitrogens with one attached hydrogen (secondary N) is 1. The molecule has 0 aliphatic heterocycles. The van der Waals surface area contributed by atoms with E-state index in [0.717, 1.165) is 4.88 Å². The lowest BCUT2D eigenvalue weighted by molar-refractivity contribution is 0.0952. The molecule has 7 heteroatoms. The Labute approximate surface area is 148 Å². The summed E-state index contributed by atoms with van der Waals surface area (Å²) >= 11 is 7.58. The van der Waals surface area contributed by atoms with Crippen LogP contribution in [0.25, 0.3) is 0 Å². The van der Waals surface area contributed by atoms with Crippen molar-refractivity contribution in [1.82, 2.24) is 10.3 Å². The van der Waals surface area contributed by atoms with E-state index in [1.54, 1.807) is 24.4 Å². The molecule has 2 aromatic heterocycles. The zero-order chi connectivity index (χ0) is 16.9. The Hall–Kier alpha value is -2.57. The second-order valence-electron chi connectivity index (χ2n) is 4.88. The first-order chi connectivity index (χ1) is 11.6. The first-order valence-corrected chi connectivity index (χ1v) is 8.33. The molecule has 3 N–H and O–H groups in total. The number of para-hydroxylation sites is 1. The normalized spacial score (nSPS) is 10.4. The standard InChI is InChI=1S/C17H14ClN3O2S/c18-14-9-12(24-17(14)23-11-5-2-1-3-6-11)10-21-16(22)13-7-4-8-20-15(13)19/h1-9H,10H2,(H2,19,20)(H,21,22). The molecule has 3 aromatic rings. The van der Waals surface area contributed by atoms with Crippen LogP contribution in [0.3, 0.4) is 0 Å². The van der Waals surface area contributed by atoms with E-state index in [9.17, 15) is 4.79 Å². The van der Waals surface area contributed by atoms with Gasteiger partial charge in [-0.2, -0.15) is 0 Å². The fourth-order valence-electron chi connectivity index (χ4n) is 2.02. The van der Waals surface area contributed by atoms with Crippen LogP contribution in [-0.4, -0.2) is 10.9 Å². The fraction of sp³-hybridized carbons (Fsp3) is 0.0588. The topological polar surface area (TPSA) is 77.2 Å². The molecule has 0 radical (unpaired) electrons. The highest BCUT2D eigenvalue weighted by Gasteiger charge is 2.13. The number of pyridine rings is 1. The zero-order valence-corrected chi connectivity index (χ0v) is 14.1. The van der Waals surface area contributed by atoms with E-state index >= 15 is 0 Å². The van der Waals surface area contributed by atoms with Gasteiger partial charge in [-0.15, -0.1) is 11.3 Å². The molecule has 0 unspecified atom stereocenters. The first kappa shape index (κ1) is 16.3. The minimum Gasteiger partial charge on any atom is -0.445 e. The number of hydrogen-bond donors (Lipinski definition) is 2. The van der Waals surface area contributed by atoms with Gasteiger partial charge >= 0.3 is 0 Å². The van der Waals surface area contributed by atoms with E-state index in [4.69, 9.17) is 22.1 Å². The third-order valence-electron chi connectivity index (χ3n) is 3.17. The van der Waals surface area contributed by atoms with Crippen molar-refractivity contribution in [2.75, 3.05) is 5.73 Å². The molecule has 0 saturated heterocycles. The molecular formula is C17H14ClN3O2S. The van der Waals surface area contributed by atoms with E-state index in [1.165, 1.54) is 11.3 Å². The largest absolute Gasteiger partial charge is 0.445 e. The maximum atomic E-state index is 12.1. The highest BCUT2D eigenvalue weighted by molar-refractivity contribution is 7.14. The second kappa shape index (κ2) is 7.33. The summed E-state index contributed by atoms with van der Waals surface area (Å²) in [5, 5.41) is 3.90. The first-order valence-electron chi connectivity index (χ1n) is 7.13. The Bertz CT molecular complexity index is 852. The third kappa shape index (κ3) is 3.84. The number of anilines is 1. The van der Waals surface area contributed by atoms with Gasteiger partial charge in [0.1, 0.15) is 11.6 Å². The van der Waals surface area contributed by atoms with Crippen molar-refractivity contribution in [1.29, 1.82) is 0 Å². The molecule has 122 valence electrons.